The highest BCUT2D eigenvalue weighted by Crippen LogP contribution is 2.14. The summed E-state index contributed by atoms with van der Waals surface area (Å²) in [5, 5.41) is 14.2. The van der Waals surface area contributed by atoms with Crippen LogP contribution in [-0.4, -0.2) is 39.8 Å². The van der Waals surface area contributed by atoms with E-state index in [4.69, 9.17) is 12.2 Å². The number of nitrogens with one attached hydrogen (secondary N) is 2. The van der Waals surface area contributed by atoms with Gasteiger partial charge in [0.25, 0.3) is 5.56 Å². The van der Waals surface area contributed by atoms with Gasteiger partial charge in [-0.3, -0.25) is 4.79 Å². The van der Waals surface area contributed by atoms with E-state index in [-0.39, 0.29) is 12.2 Å². The van der Waals surface area contributed by atoms with Gasteiger partial charge in [0.05, 0.1) is 13.2 Å². The van der Waals surface area contributed by atoms with E-state index < -0.39 is 0 Å². The average molecular weight is 396 g/mol. The fraction of sp³-hybridized carbons (Fsp3) is 0.273. The molecule has 3 rings (SSSR count). The van der Waals surface area contributed by atoms with Gasteiger partial charge in [0.2, 0.25) is 0 Å². The Morgan fingerprint density at radius 2 is 1.96 bits per heavy atom. The molecule has 1 aromatic heterocycles. The van der Waals surface area contributed by atoms with Crippen LogP contribution in [0.5, 0.6) is 0 Å². The van der Waals surface area contributed by atoms with Crippen LogP contribution in [0.4, 0.5) is 0 Å². The number of thiocarbonyl (C=S) groups is 1. The molecule has 0 aliphatic carbocycles. The van der Waals surface area contributed by atoms with Gasteiger partial charge >= 0.3 is 0 Å². The van der Waals surface area contributed by atoms with Gasteiger partial charge in [0.1, 0.15) is 0 Å². The number of H-pyrrole nitrogens is 1. The molecule has 0 saturated heterocycles. The van der Waals surface area contributed by atoms with E-state index in [2.05, 4.69) is 22.4 Å². The summed E-state index contributed by atoms with van der Waals surface area (Å²) >= 11 is 5.51. The van der Waals surface area contributed by atoms with Gasteiger partial charge in [-0.05, 0) is 54.7 Å². The zero-order chi connectivity index (χ0) is 19.9. The monoisotopic (exact) mass is 395 g/mol. The number of hydrogen-bond donors (Lipinski definition) is 3. The van der Waals surface area contributed by atoms with Gasteiger partial charge < -0.3 is 20.3 Å². The lowest BCUT2D eigenvalue weighted by molar-refractivity contribution is 0.245. The maximum atomic E-state index is 12.5. The molecule has 6 heteroatoms. The largest absolute Gasteiger partial charge is 0.395 e. The minimum absolute atomic E-state index is 0.0366. The maximum absolute atomic E-state index is 12.5. The van der Waals surface area contributed by atoms with Gasteiger partial charge in [-0.15, -0.1) is 0 Å². The Morgan fingerprint density at radius 1 is 1.18 bits per heavy atom. The summed E-state index contributed by atoms with van der Waals surface area (Å²) in [6.07, 6.45) is 0.851. The Kier molecular flexibility index (Phi) is 6.79. The first-order valence-corrected chi connectivity index (χ1v) is 9.78. The minimum atomic E-state index is -0.133. The average Bonchev–Trinajstić information content (AvgIpc) is 2.69. The minimum Gasteiger partial charge on any atom is -0.395 e. The number of aryl methyl sites for hydroxylation is 1. The van der Waals surface area contributed by atoms with E-state index >= 15 is 0 Å². The predicted molar refractivity (Wildman–Crippen MR) is 118 cm³/mol. The van der Waals surface area contributed by atoms with Crippen molar-refractivity contribution in [3.63, 3.8) is 0 Å². The molecule has 0 radical (unpaired) electrons. The third-order valence-electron chi connectivity index (χ3n) is 4.63. The molecule has 0 unspecified atom stereocenters. The lowest BCUT2D eigenvalue weighted by atomic mass is 10.1. The summed E-state index contributed by atoms with van der Waals surface area (Å²) in [5.74, 6) is 0. The van der Waals surface area contributed by atoms with Crippen molar-refractivity contribution in [3.05, 3.63) is 81.6 Å². The predicted octanol–water partition coefficient (Wildman–Crippen LogP) is 2.75. The molecule has 3 N–H and O–H groups in total. The van der Waals surface area contributed by atoms with Crippen LogP contribution < -0.4 is 10.9 Å². The Balaban J connectivity index is 1.69. The van der Waals surface area contributed by atoms with E-state index in [0.717, 1.165) is 22.9 Å². The van der Waals surface area contributed by atoms with E-state index in [1.807, 2.05) is 54.3 Å². The molecule has 0 spiro atoms. The van der Waals surface area contributed by atoms with Crippen LogP contribution in [0.25, 0.3) is 10.9 Å². The Bertz CT molecular complexity index is 1000. The molecule has 0 saturated carbocycles. The van der Waals surface area contributed by atoms with Crippen molar-refractivity contribution in [2.45, 2.75) is 19.9 Å². The zero-order valence-corrected chi connectivity index (χ0v) is 16.8. The van der Waals surface area contributed by atoms with E-state index in [9.17, 15) is 9.90 Å². The third kappa shape index (κ3) is 5.18. The molecule has 0 aliphatic heterocycles. The van der Waals surface area contributed by atoms with Crippen LogP contribution in [0.2, 0.25) is 0 Å². The fourth-order valence-corrected chi connectivity index (χ4v) is 3.40. The summed E-state index contributed by atoms with van der Waals surface area (Å²) in [7, 11) is 0. The molecule has 2 aromatic carbocycles. The van der Waals surface area contributed by atoms with Crippen molar-refractivity contribution in [1.29, 1.82) is 0 Å². The number of aliphatic hydroxyl groups is 1. The molecule has 3 aromatic rings. The molecular weight excluding hydrogens is 370 g/mol. The van der Waals surface area contributed by atoms with Crippen LogP contribution >= 0.6 is 12.2 Å². The third-order valence-corrected chi connectivity index (χ3v) is 5.03. The first-order chi connectivity index (χ1) is 13.6. The number of benzene rings is 2. The lowest BCUT2D eigenvalue weighted by Crippen LogP contribution is -2.42. The molecule has 0 aliphatic rings. The molecule has 28 heavy (non-hydrogen) atoms. The zero-order valence-electron chi connectivity index (χ0n) is 15.9. The van der Waals surface area contributed by atoms with Gasteiger partial charge in [-0.2, -0.15) is 0 Å². The topological polar surface area (TPSA) is 68.4 Å². The molecule has 0 fully saturated rings. The van der Waals surface area contributed by atoms with Crippen LogP contribution in [0.15, 0.2) is 59.4 Å². The summed E-state index contributed by atoms with van der Waals surface area (Å²) in [5.41, 5.74) is 3.67. The van der Waals surface area contributed by atoms with E-state index in [0.29, 0.717) is 30.3 Å². The number of aromatic nitrogens is 1. The first kappa shape index (κ1) is 20.0. The van der Waals surface area contributed by atoms with Crippen molar-refractivity contribution >= 4 is 28.2 Å². The second-order valence-electron chi connectivity index (χ2n) is 6.83. The smallest absolute Gasteiger partial charge is 0.253 e. The summed E-state index contributed by atoms with van der Waals surface area (Å²) < 4.78 is 0. The van der Waals surface area contributed by atoms with Crippen LogP contribution in [0.1, 0.15) is 16.7 Å². The second kappa shape index (κ2) is 9.48. The van der Waals surface area contributed by atoms with Gasteiger partial charge in [0, 0.05) is 24.2 Å². The number of aromatic amines is 1. The normalized spacial score (nSPS) is 10.8. The lowest BCUT2D eigenvalue weighted by Gasteiger charge is -2.25. The van der Waals surface area contributed by atoms with Gasteiger partial charge in [-0.25, -0.2) is 0 Å². The van der Waals surface area contributed by atoms with Gasteiger partial charge in [0.15, 0.2) is 5.11 Å². The molecular formula is C22H25N3O2S. The van der Waals surface area contributed by atoms with E-state index in [1.54, 1.807) is 0 Å². The molecule has 5 nitrogen and oxygen atoms in total. The number of rotatable bonds is 7. The number of hydrogen-bond acceptors (Lipinski definition) is 3. The maximum Gasteiger partial charge on any atom is 0.253 e. The van der Waals surface area contributed by atoms with Crippen molar-refractivity contribution in [3.8, 4) is 0 Å². The highest BCUT2D eigenvalue weighted by atomic mass is 32.1. The number of aliphatic hydroxyl groups excluding tert-OH is 1. The quantitative estimate of drug-likeness (QED) is 0.537. The Hall–Kier alpha value is -2.70. The SMILES string of the molecule is Cc1ccc2[nH]c(=O)c(CN(CCO)C(=S)NCCc3ccccc3)cc2c1. The Labute approximate surface area is 170 Å². The number of pyridine rings is 1. The van der Waals surface area contributed by atoms with Crippen molar-refractivity contribution in [1.82, 2.24) is 15.2 Å². The molecule has 146 valence electrons. The fourth-order valence-electron chi connectivity index (χ4n) is 3.14. The summed E-state index contributed by atoms with van der Waals surface area (Å²) in [6, 6.07) is 18.0. The standard InChI is InChI=1S/C22H25N3O2S/c1-16-7-8-20-18(13-16)14-19(21(27)24-20)15-25(11-12-26)22(28)23-10-9-17-5-3-2-4-6-17/h2-8,13-14,26H,9-12,15H2,1H3,(H,23,28)(H,24,27). The van der Waals surface area contributed by atoms with Crippen LogP contribution in [-0.2, 0) is 13.0 Å². The summed E-state index contributed by atoms with van der Waals surface area (Å²) in [6.45, 7) is 3.39. The summed E-state index contributed by atoms with van der Waals surface area (Å²) in [4.78, 5) is 17.2. The van der Waals surface area contributed by atoms with Crippen molar-refractivity contribution < 1.29 is 5.11 Å². The number of fused-ring (bicyclic) bond motifs is 1. The molecule has 1 heterocycles. The van der Waals surface area contributed by atoms with Crippen molar-refractivity contribution in [2.75, 3.05) is 19.7 Å². The first-order valence-electron chi connectivity index (χ1n) is 9.37. The van der Waals surface area contributed by atoms with Crippen LogP contribution in [0, 0.1) is 6.92 Å². The highest BCUT2D eigenvalue weighted by molar-refractivity contribution is 7.80. The second-order valence-corrected chi connectivity index (χ2v) is 7.21. The highest BCUT2D eigenvalue weighted by Gasteiger charge is 2.13. The van der Waals surface area contributed by atoms with Crippen molar-refractivity contribution in [2.24, 2.45) is 0 Å². The van der Waals surface area contributed by atoms with E-state index in [1.165, 1.54) is 5.56 Å². The number of nitrogens with zero attached hydrogens (tertiary/aromatic N) is 1. The molecule has 0 atom stereocenters. The van der Waals surface area contributed by atoms with Crippen LogP contribution in [0.3, 0.4) is 0 Å². The molecule has 0 amide bonds. The Morgan fingerprint density at radius 3 is 2.71 bits per heavy atom. The molecule has 0 bridgehead atoms. The van der Waals surface area contributed by atoms with Gasteiger partial charge in [-0.1, -0.05) is 42.0 Å².